The lowest BCUT2D eigenvalue weighted by atomic mass is 9.90. The van der Waals surface area contributed by atoms with Gasteiger partial charge in [0, 0.05) is 31.8 Å². The van der Waals surface area contributed by atoms with Crippen LogP contribution in [0.1, 0.15) is 43.8 Å². The minimum atomic E-state index is -3.37. The van der Waals surface area contributed by atoms with E-state index in [-0.39, 0.29) is 17.5 Å². The van der Waals surface area contributed by atoms with E-state index in [4.69, 9.17) is 4.74 Å². The van der Waals surface area contributed by atoms with Crippen molar-refractivity contribution >= 4 is 26.5 Å². The third-order valence-corrected chi connectivity index (χ3v) is 8.88. The summed E-state index contributed by atoms with van der Waals surface area (Å²) in [4.78, 5) is 13.8. The van der Waals surface area contributed by atoms with Gasteiger partial charge < -0.3 is 4.74 Å². The van der Waals surface area contributed by atoms with E-state index < -0.39 is 15.9 Å². The number of aryl methyl sites for hydroxylation is 1. The summed E-state index contributed by atoms with van der Waals surface area (Å²) in [5.74, 6) is 0.398. The normalized spacial score (nSPS) is 18.8. The van der Waals surface area contributed by atoms with E-state index >= 15 is 0 Å². The Balaban J connectivity index is 1.52. The molecule has 0 radical (unpaired) electrons. The number of hydrogen-bond acceptors (Lipinski definition) is 6. The van der Waals surface area contributed by atoms with Gasteiger partial charge in [-0.3, -0.25) is 14.2 Å². The van der Waals surface area contributed by atoms with Crippen molar-refractivity contribution in [3.8, 4) is 0 Å². The molecular weight excluding hydrogens is 428 g/mol. The monoisotopic (exact) mass is 456 g/mol. The lowest BCUT2D eigenvalue weighted by molar-refractivity contribution is -0.122. The first-order valence-corrected chi connectivity index (χ1v) is 12.8. The molecule has 0 bridgehead atoms. The molecule has 1 aliphatic carbocycles. The number of sulfone groups is 1. The predicted octanol–water partition coefficient (Wildman–Crippen LogP) is 2.88. The number of carbonyl (C=O) groups is 1. The van der Waals surface area contributed by atoms with E-state index in [9.17, 15) is 13.2 Å². The Kier molecular flexibility index (Phi) is 5.63. The fraction of sp³-hybridized carbons (Fsp3) is 0.522. The van der Waals surface area contributed by atoms with Crippen molar-refractivity contribution in [2.45, 2.75) is 54.7 Å². The summed E-state index contributed by atoms with van der Waals surface area (Å²) in [6.07, 6.45) is 7.55. The Morgan fingerprint density at radius 1 is 1.19 bits per heavy atom. The Morgan fingerprint density at radius 2 is 1.97 bits per heavy atom. The SMILES string of the molecule is Cn1ccc(CC(=O)[C@H](CC2CCOCC2)n2ncc3c(S(=O)(=O)C4CC4)cccc32)n1. The molecule has 3 heterocycles. The van der Waals surface area contributed by atoms with Crippen LogP contribution in [0.15, 0.2) is 41.6 Å². The number of hydrogen-bond donors (Lipinski definition) is 0. The van der Waals surface area contributed by atoms with Gasteiger partial charge >= 0.3 is 0 Å². The van der Waals surface area contributed by atoms with Crippen molar-refractivity contribution in [2.24, 2.45) is 13.0 Å². The van der Waals surface area contributed by atoms with E-state index in [1.165, 1.54) is 0 Å². The number of rotatable bonds is 8. The van der Waals surface area contributed by atoms with E-state index in [2.05, 4.69) is 10.2 Å². The quantitative estimate of drug-likeness (QED) is 0.517. The van der Waals surface area contributed by atoms with Crippen LogP contribution in [0.25, 0.3) is 10.9 Å². The Morgan fingerprint density at radius 3 is 2.66 bits per heavy atom. The Hall–Kier alpha value is -2.52. The summed E-state index contributed by atoms with van der Waals surface area (Å²) in [6.45, 7) is 1.41. The minimum absolute atomic E-state index is 0.0376. The summed E-state index contributed by atoms with van der Waals surface area (Å²) in [6, 6.07) is 6.65. The van der Waals surface area contributed by atoms with E-state index in [0.29, 0.717) is 54.2 Å². The van der Waals surface area contributed by atoms with Gasteiger partial charge in [0.25, 0.3) is 0 Å². The van der Waals surface area contributed by atoms with Crippen LogP contribution < -0.4 is 0 Å². The molecule has 2 aliphatic rings. The van der Waals surface area contributed by atoms with Crippen molar-refractivity contribution < 1.29 is 17.9 Å². The molecule has 0 spiro atoms. The highest BCUT2D eigenvalue weighted by molar-refractivity contribution is 7.92. The zero-order valence-corrected chi connectivity index (χ0v) is 19.0. The highest BCUT2D eigenvalue weighted by Crippen LogP contribution is 2.37. The van der Waals surface area contributed by atoms with Crippen LogP contribution in [0.2, 0.25) is 0 Å². The first-order chi connectivity index (χ1) is 15.4. The second-order valence-corrected chi connectivity index (χ2v) is 11.2. The number of ether oxygens (including phenoxy) is 1. The average Bonchev–Trinajstić information content (AvgIpc) is 3.46. The van der Waals surface area contributed by atoms with Gasteiger partial charge in [-0.1, -0.05) is 6.07 Å². The summed E-state index contributed by atoms with van der Waals surface area (Å²) < 4.78 is 34.8. The van der Waals surface area contributed by atoms with Crippen molar-refractivity contribution in [3.63, 3.8) is 0 Å². The van der Waals surface area contributed by atoms with E-state index in [1.54, 1.807) is 27.7 Å². The van der Waals surface area contributed by atoms with Gasteiger partial charge in [0.15, 0.2) is 15.6 Å². The maximum Gasteiger partial charge on any atom is 0.181 e. The molecule has 1 aliphatic heterocycles. The Labute approximate surface area is 187 Å². The zero-order valence-electron chi connectivity index (χ0n) is 18.2. The van der Waals surface area contributed by atoms with Crippen LogP contribution in [0.3, 0.4) is 0 Å². The molecule has 0 amide bonds. The van der Waals surface area contributed by atoms with Crippen LogP contribution >= 0.6 is 0 Å². The molecule has 170 valence electrons. The van der Waals surface area contributed by atoms with Gasteiger partial charge in [0.05, 0.1) is 34.0 Å². The van der Waals surface area contributed by atoms with Gasteiger partial charge in [0.1, 0.15) is 6.04 Å². The molecule has 1 aromatic carbocycles. The standard InChI is InChI=1S/C23H28N4O4S/c1-26-10-7-17(25-26)14-22(28)21(13-16-8-11-31-12-9-16)27-20-3-2-4-23(19(20)15-24-27)32(29,30)18-5-6-18/h2-4,7,10,15-16,18,21H,5-6,8-9,11-14H2,1H3/t21-/m0/s1. The lowest BCUT2D eigenvalue weighted by Gasteiger charge is -2.26. The lowest BCUT2D eigenvalue weighted by Crippen LogP contribution is -2.27. The fourth-order valence-electron chi connectivity index (χ4n) is 4.62. The summed E-state index contributed by atoms with van der Waals surface area (Å²) in [5, 5.41) is 9.23. The van der Waals surface area contributed by atoms with Gasteiger partial charge in [-0.05, 0) is 56.2 Å². The summed E-state index contributed by atoms with van der Waals surface area (Å²) in [5.41, 5.74) is 1.42. The van der Waals surface area contributed by atoms with Crippen LogP contribution in [-0.4, -0.2) is 52.2 Å². The molecule has 32 heavy (non-hydrogen) atoms. The van der Waals surface area contributed by atoms with Crippen molar-refractivity contribution in [3.05, 3.63) is 42.4 Å². The van der Waals surface area contributed by atoms with E-state index in [0.717, 1.165) is 18.5 Å². The second kappa shape index (κ2) is 8.44. The third-order valence-electron chi connectivity index (χ3n) is 6.56. The number of aromatic nitrogens is 4. The molecule has 1 saturated carbocycles. The van der Waals surface area contributed by atoms with Gasteiger partial charge in [-0.25, -0.2) is 8.42 Å². The third kappa shape index (κ3) is 4.11. The number of ketones is 1. The average molecular weight is 457 g/mol. The van der Waals surface area contributed by atoms with E-state index in [1.807, 2.05) is 25.4 Å². The molecule has 2 aromatic heterocycles. The van der Waals surface area contributed by atoms with Crippen LogP contribution in [0.4, 0.5) is 0 Å². The van der Waals surface area contributed by atoms with Gasteiger partial charge in [0.2, 0.25) is 0 Å². The molecule has 0 N–H and O–H groups in total. The van der Waals surface area contributed by atoms with Crippen LogP contribution in [-0.2, 0) is 32.8 Å². The second-order valence-electron chi connectivity index (χ2n) is 8.95. The highest BCUT2D eigenvalue weighted by atomic mass is 32.2. The van der Waals surface area contributed by atoms with Crippen molar-refractivity contribution in [1.82, 2.24) is 19.6 Å². The minimum Gasteiger partial charge on any atom is -0.381 e. The molecule has 5 rings (SSSR count). The molecule has 0 unspecified atom stereocenters. The van der Waals surface area contributed by atoms with Crippen LogP contribution in [0.5, 0.6) is 0 Å². The zero-order chi connectivity index (χ0) is 22.3. The molecular formula is C23H28N4O4S. The van der Waals surface area contributed by atoms with Gasteiger partial charge in [-0.15, -0.1) is 0 Å². The van der Waals surface area contributed by atoms with Crippen LogP contribution in [0, 0.1) is 5.92 Å². The summed E-state index contributed by atoms with van der Waals surface area (Å²) >= 11 is 0. The first-order valence-electron chi connectivity index (χ1n) is 11.2. The first kappa shape index (κ1) is 21.3. The smallest absolute Gasteiger partial charge is 0.181 e. The molecule has 3 aromatic rings. The predicted molar refractivity (Wildman–Crippen MR) is 119 cm³/mol. The van der Waals surface area contributed by atoms with Gasteiger partial charge in [-0.2, -0.15) is 10.2 Å². The van der Waals surface area contributed by atoms with Crippen molar-refractivity contribution in [2.75, 3.05) is 13.2 Å². The van der Waals surface area contributed by atoms with Crippen molar-refractivity contribution in [1.29, 1.82) is 0 Å². The topological polar surface area (TPSA) is 96.1 Å². The molecule has 1 saturated heterocycles. The number of benzene rings is 1. The molecule has 2 fully saturated rings. The molecule has 9 heteroatoms. The number of fused-ring (bicyclic) bond motifs is 1. The maximum absolute atomic E-state index is 13.5. The largest absolute Gasteiger partial charge is 0.381 e. The fourth-order valence-corrected chi connectivity index (χ4v) is 6.47. The molecule has 8 nitrogen and oxygen atoms in total. The highest BCUT2D eigenvalue weighted by Gasteiger charge is 2.38. The number of carbonyl (C=O) groups excluding carboxylic acids is 1. The summed E-state index contributed by atoms with van der Waals surface area (Å²) in [7, 11) is -1.54. The maximum atomic E-state index is 13.5. The molecule has 1 atom stereocenters. The Bertz CT molecular complexity index is 1240. The number of Topliss-reactive ketones (excluding diaryl/α,β-unsaturated/α-hetero) is 1. The number of nitrogens with zero attached hydrogens (tertiary/aromatic N) is 4.